The molecule has 0 spiro atoms. The molecule has 6 nitrogen and oxygen atoms in total. The first-order chi connectivity index (χ1) is 16.9. The SMILES string of the molecule is COCCN1C(=O)C(=Cc2cn(-c3ccccc3)nc2-c2ccc(OCC(C)C)c(C)c2)SC1=S. The number of para-hydroxylation sites is 1. The van der Waals surface area contributed by atoms with Gasteiger partial charge in [0.15, 0.2) is 0 Å². The van der Waals surface area contributed by atoms with Crippen LogP contribution in [-0.2, 0) is 9.53 Å². The summed E-state index contributed by atoms with van der Waals surface area (Å²) < 4.78 is 13.5. The molecule has 1 aliphatic rings. The van der Waals surface area contributed by atoms with Crippen LogP contribution in [0.5, 0.6) is 5.75 Å². The zero-order chi connectivity index (χ0) is 24.9. The van der Waals surface area contributed by atoms with Crippen molar-refractivity contribution in [1.29, 1.82) is 0 Å². The lowest BCUT2D eigenvalue weighted by Gasteiger charge is -2.13. The van der Waals surface area contributed by atoms with Crippen LogP contribution in [0.15, 0.2) is 59.6 Å². The quantitative estimate of drug-likeness (QED) is 0.272. The Hall–Kier alpha value is -2.94. The number of aromatic nitrogens is 2. The highest BCUT2D eigenvalue weighted by atomic mass is 32.2. The maximum Gasteiger partial charge on any atom is 0.266 e. The number of thiocarbonyl (C=S) groups is 1. The summed E-state index contributed by atoms with van der Waals surface area (Å²) in [6, 6.07) is 16.0. The van der Waals surface area contributed by atoms with E-state index in [2.05, 4.69) is 19.9 Å². The fourth-order valence-corrected chi connectivity index (χ4v) is 4.96. The van der Waals surface area contributed by atoms with Gasteiger partial charge < -0.3 is 9.47 Å². The molecule has 1 aromatic heterocycles. The molecule has 0 aliphatic carbocycles. The van der Waals surface area contributed by atoms with Crippen molar-refractivity contribution in [2.75, 3.05) is 26.9 Å². The molecule has 182 valence electrons. The molecule has 0 saturated carbocycles. The Morgan fingerprint density at radius 3 is 2.63 bits per heavy atom. The molecule has 8 heteroatoms. The summed E-state index contributed by atoms with van der Waals surface area (Å²) in [4.78, 5) is 15.2. The molecule has 35 heavy (non-hydrogen) atoms. The van der Waals surface area contributed by atoms with E-state index in [1.54, 1.807) is 12.0 Å². The summed E-state index contributed by atoms with van der Waals surface area (Å²) in [7, 11) is 1.61. The zero-order valence-corrected chi connectivity index (χ0v) is 22.0. The number of ether oxygens (including phenoxy) is 2. The summed E-state index contributed by atoms with van der Waals surface area (Å²) in [6.07, 6.45) is 3.83. The van der Waals surface area contributed by atoms with Crippen molar-refractivity contribution in [3.05, 3.63) is 70.8 Å². The van der Waals surface area contributed by atoms with Crippen molar-refractivity contribution in [3.63, 3.8) is 0 Å². The summed E-state index contributed by atoms with van der Waals surface area (Å²) in [6.45, 7) is 7.83. The molecular weight excluding hydrogens is 478 g/mol. The minimum atomic E-state index is -0.107. The number of carbonyl (C=O) groups is 1. The largest absolute Gasteiger partial charge is 0.493 e. The second-order valence-corrected chi connectivity index (χ2v) is 10.4. The molecule has 1 aliphatic heterocycles. The van der Waals surface area contributed by atoms with E-state index in [9.17, 15) is 4.79 Å². The third-order valence-corrected chi connectivity index (χ3v) is 6.84. The van der Waals surface area contributed by atoms with Gasteiger partial charge in [-0.05, 0) is 54.8 Å². The molecule has 2 heterocycles. The van der Waals surface area contributed by atoms with E-state index in [1.807, 2.05) is 66.3 Å². The van der Waals surface area contributed by atoms with Crippen molar-refractivity contribution in [2.45, 2.75) is 20.8 Å². The first kappa shape index (κ1) is 25.2. The van der Waals surface area contributed by atoms with E-state index in [1.165, 1.54) is 11.8 Å². The van der Waals surface area contributed by atoms with E-state index >= 15 is 0 Å². The number of hydrogen-bond acceptors (Lipinski definition) is 6. The van der Waals surface area contributed by atoms with Crippen molar-refractivity contribution in [3.8, 4) is 22.7 Å². The van der Waals surface area contributed by atoms with Gasteiger partial charge in [0.1, 0.15) is 15.8 Å². The van der Waals surface area contributed by atoms with E-state index < -0.39 is 0 Å². The molecule has 0 unspecified atom stereocenters. The predicted molar refractivity (Wildman–Crippen MR) is 146 cm³/mol. The normalized spacial score (nSPS) is 15.0. The van der Waals surface area contributed by atoms with Gasteiger partial charge >= 0.3 is 0 Å². The van der Waals surface area contributed by atoms with Gasteiger partial charge in [0.2, 0.25) is 0 Å². The van der Waals surface area contributed by atoms with Gasteiger partial charge in [0, 0.05) is 24.4 Å². The number of benzene rings is 2. The smallest absolute Gasteiger partial charge is 0.266 e. The highest BCUT2D eigenvalue weighted by molar-refractivity contribution is 8.26. The topological polar surface area (TPSA) is 56.6 Å². The highest BCUT2D eigenvalue weighted by Crippen LogP contribution is 2.35. The van der Waals surface area contributed by atoms with Crippen LogP contribution in [0.25, 0.3) is 23.0 Å². The molecule has 0 bridgehead atoms. The third kappa shape index (κ3) is 5.83. The lowest BCUT2D eigenvalue weighted by atomic mass is 10.0. The summed E-state index contributed by atoms with van der Waals surface area (Å²) >= 11 is 6.75. The average molecular weight is 508 g/mol. The third-order valence-electron chi connectivity index (χ3n) is 5.46. The Bertz CT molecular complexity index is 1250. The molecule has 4 rings (SSSR count). The second-order valence-electron chi connectivity index (χ2n) is 8.72. The van der Waals surface area contributed by atoms with Gasteiger partial charge in [0.25, 0.3) is 5.91 Å². The lowest BCUT2D eigenvalue weighted by molar-refractivity contribution is -0.122. The number of carbonyl (C=O) groups excluding carboxylic acids is 1. The van der Waals surface area contributed by atoms with Crippen LogP contribution in [0, 0.1) is 12.8 Å². The zero-order valence-electron chi connectivity index (χ0n) is 20.4. The Kier molecular flexibility index (Phi) is 8.05. The van der Waals surface area contributed by atoms with Crippen LogP contribution < -0.4 is 4.74 Å². The van der Waals surface area contributed by atoms with Crippen molar-refractivity contribution in [1.82, 2.24) is 14.7 Å². The van der Waals surface area contributed by atoms with Crippen molar-refractivity contribution >= 4 is 40.3 Å². The number of aryl methyl sites for hydroxylation is 1. The van der Waals surface area contributed by atoms with Gasteiger partial charge in [-0.2, -0.15) is 5.10 Å². The fraction of sp³-hybridized carbons (Fsp3) is 0.296. The van der Waals surface area contributed by atoms with Gasteiger partial charge in [0.05, 0.1) is 30.4 Å². The predicted octanol–water partition coefficient (Wildman–Crippen LogP) is 5.73. The minimum absolute atomic E-state index is 0.107. The minimum Gasteiger partial charge on any atom is -0.493 e. The number of thioether (sulfide) groups is 1. The maximum atomic E-state index is 13.0. The number of hydrogen-bond donors (Lipinski definition) is 0. The Morgan fingerprint density at radius 2 is 1.94 bits per heavy atom. The van der Waals surface area contributed by atoms with E-state index in [0.717, 1.165) is 33.8 Å². The number of methoxy groups -OCH3 is 1. The number of amides is 1. The second kappa shape index (κ2) is 11.2. The van der Waals surface area contributed by atoms with Crippen LogP contribution in [0.3, 0.4) is 0 Å². The van der Waals surface area contributed by atoms with Crippen molar-refractivity contribution < 1.29 is 14.3 Å². The molecule has 0 radical (unpaired) electrons. The number of nitrogens with zero attached hydrogens (tertiary/aromatic N) is 3. The highest BCUT2D eigenvalue weighted by Gasteiger charge is 2.32. The Balaban J connectivity index is 1.73. The van der Waals surface area contributed by atoms with Gasteiger partial charge in [-0.25, -0.2) is 4.68 Å². The first-order valence-corrected chi connectivity index (χ1v) is 12.7. The summed E-state index contributed by atoms with van der Waals surface area (Å²) in [5.41, 5.74) is 4.56. The van der Waals surface area contributed by atoms with Crippen LogP contribution >= 0.6 is 24.0 Å². The summed E-state index contributed by atoms with van der Waals surface area (Å²) in [5, 5.41) is 4.89. The monoisotopic (exact) mass is 507 g/mol. The Morgan fingerprint density at radius 1 is 1.17 bits per heavy atom. The molecule has 3 aromatic rings. The fourth-order valence-electron chi connectivity index (χ4n) is 3.66. The van der Waals surface area contributed by atoms with Crippen LogP contribution in [-0.4, -0.2) is 51.8 Å². The molecule has 1 amide bonds. The van der Waals surface area contributed by atoms with Crippen molar-refractivity contribution in [2.24, 2.45) is 5.92 Å². The van der Waals surface area contributed by atoms with E-state index in [0.29, 0.717) is 34.9 Å². The maximum absolute atomic E-state index is 13.0. The van der Waals surface area contributed by atoms with Crippen LogP contribution in [0.2, 0.25) is 0 Å². The molecule has 1 fully saturated rings. The average Bonchev–Trinajstić information content (AvgIpc) is 3.38. The molecule has 1 saturated heterocycles. The lowest BCUT2D eigenvalue weighted by Crippen LogP contribution is -2.31. The molecular formula is C27H29N3O3S2. The van der Waals surface area contributed by atoms with E-state index in [4.69, 9.17) is 26.8 Å². The van der Waals surface area contributed by atoms with E-state index in [-0.39, 0.29) is 5.91 Å². The van der Waals surface area contributed by atoms with Gasteiger partial charge in [-0.1, -0.05) is 56.0 Å². The molecule has 2 aromatic carbocycles. The van der Waals surface area contributed by atoms with Crippen LogP contribution in [0.1, 0.15) is 25.0 Å². The Labute approximate surface area is 215 Å². The standard InChI is InChI=1S/C27H29N3O3S2/c1-18(2)17-33-23-11-10-20(14-19(23)3)25-21(16-30(28-25)22-8-6-5-7-9-22)15-24-26(31)29(12-13-32-4)27(34)35-24/h5-11,14-16,18H,12-13,17H2,1-4H3. The number of rotatable bonds is 9. The van der Waals surface area contributed by atoms with Gasteiger partial charge in [-0.15, -0.1) is 0 Å². The molecule has 0 N–H and O–H groups in total. The van der Waals surface area contributed by atoms with Gasteiger partial charge in [-0.3, -0.25) is 9.69 Å². The summed E-state index contributed by atoms with van der Waals surface area (Å²) in [5.74, 6) is 1.21. The van der Waals surface area contributed by atoms with Crippen LogP contribution in [0.4, 0.5) is 0 Å². The molecule has 0 atom stereocenters. The first-order valence-electron chi connectivity index (χ1n) is 11.5.